The molecule has 0 spiro atoms. The van der Waals surface area contributed by atoms with Crippen LogP contribution in [-0.2, 0) is 0 Å². The third kappa shape index (κ3) is 2.72. The van der Waals surface area contributed by atoms with Crippen LogP contribution in [0.15, 0.2) is 29.3 Å². The van der Waals surface area contributed by atoms with Crippen LogP contribution in [0, 0.1) is 16.5 Å². The molecule has 1 aromatic carbocycles. The lowest BCUT2D eigenvalue weighted by Gasteiger charge is -2.30. The van der Waals surface area contributed by atoms with Gasteiger partial charge in [0, 0.05) is 19.0 Å². The van der Waals surface area contributed by atoms with E-state index in [4.69, 9.17) is 5.26 Å². The van der Waals surface area contributed by atoms with Gasteiger partial charge in [-0.2, -0.15) is 10.7 Å². The molecule has 0 fully saturated rings. The summed E-state index contributed by atoms with van der Waals surface area (Å²) in [6.45, 7) is 0.526. The van der Waals surface area contributed by atoms with Gasteiger partial charge >= 0.3 is 0 Å². The van der Waals surface area contributed by atoms with E-state index in [2.05, 4.69) is 21.8 Å². The Labute approximate surface area is 99.1 Å². The van der Waals surface area contributed by atoms with Gasteiger partial charge in [0.05, 0.1) is 6.07 Å². The van der Waals surface area contributed by atoms with Crippen molar-refractivity contribution < 1.29 is 5.17 Å². The second-order valence-corrected chi connectivity index (χ2v) is 3.62. The maximum atomic E-state index is 11.7. The number of unbranched alkanes of at least 4 members (excludes halogenated alkanes) is 1. The average molecular weight is 231 g/mol. The van der Waals surface area contributed by atoms with Crippen LogP contribution < -0.4 is 15.9 Å². The fourth-order valence-corrected chi connectivity index (χ4v) is 1.55. The summed E-state index contributed by atoms with van der Waals surface area (Å²) in [6, 6.07) is 9.31. The number of rotatable bonds is 3. The minimum absolute atomic E-state index is 0.154. The summed E-state index contributed by atoms with van der Waals surface area (Å²) in [7, 11) is 0. The Morgan fingerprint density at radius 3 is 3.06 bits per heavy atom. The highest BCUT2D eigenvalue weighted by Gasteiger charge is 2.18. The molecule has 0 saturated carbocycles. The van der Waals surface area contributed by atoms with Crippen LogP contribution in [0.3, 0.4) is 0 Å². The number of aliphatic imine (C=N–C) groups is 1. The Morgan fingerprint density at radius 2 is 2.24 bits per heavy atom. The largest absolute Gasteiger partial charge is 0.603 e. The molecule has 0 saturated heterocycles. The van der Waals surface area contributed by atoms with Gasteiger partial charge in [0.1, 0.15) is 5.69 Å². The number of fused-ring (bicyclic) bond motifs is 1. The van der Waals surface area contributed by atoms with E-state index in [9.17, 15) is 5.21 Å². The molecule has 1 heterocycles. The highest BCUT2D eigenvalue weighted by atomic mass is 16.5. The third-order valence-corrected chi connectivity index (χ3v) is 2.37. The minimum atomic E-state index is -0.154. The van der Waals surface area contributed by atoms with Crippen LogP contribution in [0.25, 0.3) is 0 Å². The molecule has 2 rings (SSSR count). The molecule has 1 unspecified atom stereocenters. The molecule has 3 N–H and O–H groups in total. The Hall–Kier alpha value is -2.10. The lowest BCUT2D eigenvalue weighted by molar-refractivity contribution is -0.816. The Balaban J connectivity index is 2.04. The van der Waals surface area contributed by atoms with E-state index in [0.29, 0.717) is 31.0 Å². The number of para-hydroxylation sites is 2. The predicted molar refractivity (Wildman–Crippen MR) is 64.3 cm³/mol. The first kappa shape index (κ1) is 11.4. The van der Waals surface area contributed by atoms with Gasteiger partial charge in [-0.1, -0.05) is 12.1 Å². The van der Waals surface area contributed by atoms with E-state index >= 15 is 0 Å². The fraction of sp³-hybridized carbons (Fsp3) is 0.273. The number of nitrogens with zero attached hydrogens (tertiary/aromatic N) is 2. The molecule has 0 bridgehead atoms. The van der Waals surface area contributed by atoms with Gasteiger partial charge < -0.3 is 10.5 Å². The number of nitriles is 1. The van der Waals surface area contributed by atoms with Gasteiger partial charge in [-0.05, 0) is 12.5 Å². The van der Waals surface area contributed by atoms with Crippen LogP contribution in [0.2, 0.25) is 0 Å². The van der Waals surface area contributed by atoms with Crippen molar-refractivity contribution >= 4 is 17.3 Å². The molecule has 0 aromatic heterocycles. The van der Waals surface area contributed by atoms with Crippen LogP contribution in [0.5, 0.6) is 0 Å². The molecule has 1 aromatic rings. The van der Waals surface area contributed by atoms with Crippen LogP contribution >= 0.6 is 0 Å². The molecule has 1 atom stereocenters. The highest BCUT2D eigenvalue weighted by molar-refractivity contribution is 5.96. The molecular formula is C11H13N5O. The molecule has 1 aliphatic heterocycles. The number of guanidine groups is 1. The SMILES string of the molecule is N#CCCCN=C1Nc2ccccc2[NH+]([O-])N1. The molecule has 6 nitrogen and oxygen atoms in total. The van der Waals surface area contributed by atoms with Crippen molar-refractivity contribution in [3.8, 4) is 6.07 Å². The molecular weight excluding hydrogens is 218 g/mol. The molecule has 0 aliphatic carbocycles. The van der Waals surface area contributed by atoms with Crippen molar-refractivity contribution in [2.45, 2.75) is 12.8 Å². The van der Waals surface area contributed by atoms with Crippen molar-refractivity contribution in [2.75, 3.05) is 11.9 Å². The maximum absolute atomic E-state index is 11.7. The van der Waals surface area contributed by atoms with Crippen molar-refractivity contribution in [1.29, 1.82) is 5.26 Å². The number of benzene rings is 1. The zero-order valence-electron chi connectivity index (χ0n) is 9.23. The van der Waals surface area contributed by atoms with E-state index in [1.165, 1.54) is 0 Å². The molecule has 0 amide bonds. The smallest absolute Gasteiger partial charge is 0.243 e. The first-order valence-electron chi connectivity index (χ1n) is 5.40. The Bertz CT molecular complexity index is 465. The van der Waals surface area contributed by atoms with Crippen molar-refractivity contribution in [2.24, 2.45) is 4.99 Å². The first-order chi connectivity index (χ1) is 8.31. The van der Waals surface area contributed by atoms with Crippen molar-refractivity contribution in [3.05, 3.63) is 29.5 Å². The van der Waals surface area contributed by atoms with E-state index in [1.807, 2.05) is 18.2 Å². The molecule has 0 radical (unpaired) electrons. The summed E-state index contributed by atoms with van der Waals surface area (Å²) in [4.78, 5) is 4.19. The molecule has 17 heavy (non-hydrogen) atoms. The van der Waals surface area contributed by atoms with Crippen LogP contribution in [0.4, 0.5) is 11.4 Å². The first-order valence-corrected chi connectivity index (χ1v) is 5.40. The monoisotopic (exact) mass is 231 g/mol. The maximum Gasteiger partial charge on any atom is 0.243 e. The summed E-state index contributed by atoms with van der Waals surface area (Å²) >= 11 is 0. The number of nitrogens with one attached hydrogen (secondary N) is 3. The zero-order chi connectivity index (χ0) is 12.1. The van der Waals surface area contributed by atoms with Crippen LogP contribution in [0.1, 0.15) is 12.8 Å². The van der Waals surface area contributed by atoms with Gasteiger partial charge in [-0.3, -0.25) is 0 Å². The van der Waals surface area contributed by atoms with E-state index < -0.39 is 0 Å². The number of hydrogen-bond donors (Lipinski definition) is 3. The second kappa shape index (κ2) is 5.30. The number of hydrogen-bond acceptors (Lipinski definition) is 3. The lowest BCUT2D eigenvalue weighted by atomic mass is 10.2. The van der Waals surface area contributed by atoms with Gasteiger partial charge in [-0.15, -0.1) is 0 Å². The molecule has 1 aliphatic rings. The van der Waals surface area contributed by atoms with E-state index in [0.717, 1.165) is 5.69 Å². The second-order valence-electron chi connectivity index (χ2n) is 3.62. The normalized spacial score (nSPS) is 20.0. The third-order valence-electron chi connectivity index (χ3n) is 2.37. The quantitative estimate of drug-likeness (QED) is 0.515. The number of quaternary nitrogens is 1. The summed E-state index contributed by atoms with van der Waals surface area (Å²) in [5, 5.41) is 23.0. The van der Waals surface area contributed by atoms with Gasteiger partial charge in [-0.25, -0.2) is 10.2 Å². The number of anilines is 1. The molecule has 88 valence electrons. The van der Waals surface area contributed by atoms with Crippen molar-refractivity contribution in [1.82, 2.24) is 5.43 Å². The van der Waals surface area contributed by atoms with Crippen molar-refractivity contribution in [3.63, 3.8) is 0 Å². The topological polar surface area (TPSA) is 87.7 Å². The average Bonchev–Trinajstić information content (AvgIpc) is 2.35. The minimum Gasteiger partial charge on any atom is -0.603 e. The lowest BCUT2D eigenvalue weighted by Crippen LogP contribution is -3.11. The summed E-state index contributed by atoms with van der Waals surface area (Å²) < 4.78 is 0. The summed E-state index contributed by atoms with van der Waals surface area (Å²) in [5.74, 6) is 0.451. The Kier molecular flexibility index (Phi) is 3.55. The summed E-state index contributed by atoms with van der Waals surface area (Å²) in [6.07, 6.45) is 1.17. The van der Waals surface area contributed by atoms with Gasteiger partial charge in [0.25, 0.3) is 0 Å². The molecule has 6 heteroatoms. The van der Waals surface area contributed by atoms with Crippen LogP contribution in [-0.4, -0.2) is 12.5 Å². The Morgan fingerprint density at radius 1 is 1.41 bits per heavy atom. The zero-order valence-corrected chi connectivity index (χ0v) is 9.23. The summed E-state index contributed by atoms with van der Waals surface area (Å²) in [5.41, 5.74) is 4.04. The standard InChI is InChI=1S/C11H13N5O/c12-7-3-4-8-13-11-14-9-5-1-2-6-10(9)16(17)15-11/h1-2,5-6,16H,3-4,8H2,(H2,13,14,15). The highest BCUT2D eigenvalue weighted by Crippen LogP contribution is 2.17. The van der Waals surface area contributed by atoms with E-state index in [1.54, 1.807) is 6.07 Å². The van der Waals surface area contributed by atoms with Gasteiger partial charge in [0.15, 0.2) is 5.69 Å². The van der Waals surface area contributed by atoms with Gasteiger partial charge in [0.2, 0.25) is 5.96 Å². The predicted octanol–water partition coefficient (Wildman–Crippen LogP) is 0.291. The fourth-order valence-electron chi connectivity index (χ4n) is 1.55. The van der Waals surface area contributed by atoms with E-state index in [-0.39, 0.29) is 5.17 Å².